The zero-order valence-electron chi connectivity index (χ0n) is 18.3. The molecule has 0 amide bonds. The predicted octanol–water partition coefficient (Wildman–Crippen LogP) is 7.11. The highest BCUT2D eigenvalue weighted by Crippen LogP contribution is 2.14. The van der Waals surface area contributed by atoms with Crippen LogP contribution in [0.25, 0.3) is 0 Å². The molecule has 0 bridgehead atoms. The van der Waals surface area contributed by atoms with Crippen molar-refractivity contribution in [2.75, 3.05) is 44.2 Å². The van der Waals surface area contributed by atoms with Crippen LogP contribution in [0.3, 0.4) is 0 Å². The van der Waals surface area contributed by atoms with E-state index in [1.807, 2.05) is 0 Å². The van der Waals surface area contributed by atoms with E-state index in [1.54, 1.807) is 0 Å². The molecule has 1 aliphatic rings. The number of rotatable bonds is 19. The van der Waals surface area contributed by atoms with Crippen LogP contribution < -0.4 is 5.32 Å². The second-order valence-electron chi connectivity index (χ2n) is 8.15. The van der Waals surface area contributed by atoms with E-state index in [0.717, 1.165) is 0 Å². The summed E-state index contributed by atoms with van der Waals surface area (Å²) in [5.74, 6) is 2.75. The van der Waals surface area contributed by atoms with E-state index < -0.39 is 0 Å². The van der Waals surface area contributed by atoms with Gasteiger partial charge in [0.25, 0.3) is 0 Å². The first-order valence-corrected chi connectivity index (χ1v) is 13.1. The van der Waals surface area contributed by atoms with Gasteiger partial charge in [-0.25, -0.2) is 0 Å². The third kappa shape index (κ3) is 20.1. The Labute approximate surface area is 192 Å². The molecule has 0 aromatic carbocycles. The largest absolute Gasteiger partial charge is 0.314 e. The van der Waals surface area contributed by atoms with Gasteiger partial charge in [0.2, 0.25) is 0 Å². The molecule has 0 radical (unpaired) electrons. The van der Waals surface area contributed by atoms with Crippen LogP contribution >= 0.6 is 35.7 Å². The molecule has 164 valence electrons. The lowest BCUT2D eigenvalue weighted by Crippen LogP contribution is -2.43. The van der Waals surface area contributed by atoms with Crippen molar-refractivity contribution in [1.82, 2.24) is 10.2 Å². The summed E-state index contributed by atoms with van der Waals surface area (Å²) in [6.45, 7) is 8.49. The van der Waals surface area contributed by atoms with Crippen LogP contribution in [0.2, 0.25) is 0 Å². The van der Waals surface area contributed by atoms with Gasteiger partial charge in [0.05, 0.1) is 0 Å². The Bertz CT molecular complexity index is 273. The van der Waals surface area contributed by atoms with Gasteiger partial charge < -0.3 is 10.2 Å². The molecule has 1 saturated heterocycles. The summed E-state index contributed by atoms with van der Waals surface area (Å²) in [5, 5.41) is 3.43. The summed E-state index contributed by atoms with van der Waals surface area (Å²) < 4.78 is 0. The Hall–Kier alpha value is 1.00. The monoisotopic (exact) mass is 512 g/mol. The number of halogens is 1. The number of hydrogen-bond donors (Lipinski definition) is 1. The van der Waals surface area contributed by atoms with Crippen LogP contribution in [-0.4, -0.2) is 49.1 Å². The number of nitrogens with one attached hydrogen (secondary N) is 1. The van der Waals surface area contributed by atoms with E-state index in [0.29, 0.717) is 0 Å². The van der Waals surface area contributed by atoms with Crippen molar-refractivity contribution >= 4 is 35.7 Å². The van der Waals surface area contributed by atoms with E-state index in [1.165, 1.54) is 141 Å². The maximum Gasteiger partial charge on any atom is 0.0107 e. The molecular weight excluding hydrogens is 463 g/mol. The van der Waals surface area contributed by atoms with Gasteiger partial charge in [0.1, 0.15) is 0 Å². The smallest absolute Gasteiger partial charge is 0.0107 e. The Morgan fingerprint density at radius 2 is 1.07 bits per heavy atom. The normalized spacial score (nSPS) is 15.0. The van der Waals surface area contributed by atoms with Gasteiger partial charge >= 0.3 is 0 Å². The first-order valence-electron chi connectivity index (χ1n) is 11.9. The third-order valence-electron chi connectivity index (χ3n) is 5.61. The third-order valence-corrected chi connectivity index (χ3v) is 6.77. The molecule has 1 heterocycles. The van der Waals surface area contributed by atoms with Crippen LogP contribution in [0, 0.1) is 0 Å². The molecule has 1 rings (SSSR count). The van der Waals surface area contributed by atoms with E-state index in [-0.39, 0.29) is 24.0 Å². The highest BCUT2D eigenvalue weighted by Gasteiger charge is 2.07. The lowest BCUT2D eigenvalue weighted by atomic mass is 10.0. The molecule has 1 aliphatic heterocycles. The number of piperazine rings is 1. The number of thioether (sulfide) groups is 1. The second-order valence-corrected chi connectivity index (χ2v) is 9.38. The molecule has 0 aliphatic carbocycles. The maximum atomic E-state index is 3.43. The zero-order chi connectivity index (χ0) is 18.5. The Morgan fingerprint density at radius 1 is 0.630 bits per heavy atom. The molecule has 0 saturated carbocycles. The van der Waals surface area contributed by atoms with Gasteiger partial charge in [-0.2, -0.15) is 11.8 Å². The lowest BCUT2D eigenvalue weighted by Gasteiger charge is -2.26. The average molecular weight is 513 g/mol. The van der Waals surface area contributed by atoms with Crippen LogP contribution in [-0.2, 0) is 0 Å². The van der Waals surface area contributed by atoms with Gasteiger partial charge in [-0.1, -0.05) is 90.4 Å². The molecule has 0 spiro atoms. The standard InChI is InChI=1S/C23H48N2S.HI/c1-2-3-4-5-6-7-8-9-10-11-12-13-14-15-22-26-23-16-19-25-20-17-24-18-21-25;/h24H,2-23H2,1H3;1H. The van der Waals surface area contributed by atoms with Crippen molar-refractivity contribution in [1.29, 1.82) is 0 Å². The molecule has 4 heteroatoms. The van der Waals surface area contributed by atoms with Gasteiger partial charge in [-0.05, 0) is 30.9 Å². The first-order chi connectivity index (χ1) is 12.9. The van der Waals surface area contributed by atoms with Crippen LogP contribution in [0.1, 0.15) is 103 Å². The SMILES string of the molecule is CCCCCCCCCCCCCCCCSCCCN1CCNCC1.I. The van der Waals surface area contributed by atoms with Crippen LogP contribution in [0.5, 0.6) is 0 Å². The molecule has 1 fully saturated rings. The van der Waals surface area contributed by atoms with Gasteiger partial charge in [0.15, 0.2) is 0 Å². The van der Waals surface area contributed by atoms with Crippen molar-refractivity contribution in [3.8, 4) is 0 Å². The van der Waals surface area contributed by atoms with Crippen molar-refractivity contribution in [3.63, 3.8) is 0 Å². The predicted molar refractivity (Wildman–Crippen MR) is 137 cm³/mol. The minimum atomic E-state index is 0. The molecule has 0 aromatic rings. The second kappa shape index (κ2) is 23.3. The number of hydrogen-bond acceptors (Lipinski definition) is 3. The molecular formula is C23H49IN2S. The fraction of sp³-hybridized carbons (Fsp3) is 1.00. The lowest BCUT2D eigenvalue weighted by molar-refractivity contribution is 0.242. The molecule has 27 heavy (non-hydrogen) atoms. The van der Waals surface area contributed by atoms with Gasteiger partial charge in [-0.3, -0.25) is 0 Å². The van der Waals surface area contributed by atoms with Crippen LogP contribution in [0.4, 0.5) is 0 Å². The zero-order valence-corrected chi connectivity index (χ0v) is 21.5. The average Bonchev–Trinajstić information content (AvgIpc) is 2.68. The molecule has 2 nitrogen and oxygen atoms in total. The highest BCUT2D eigenvalue weighted by atomic mass is 127. The minimum Gasteiger partial charge on any atom is -0.314 e. The van der Waals surface area contributed by atoms with E-state index >= 15 is 0 Å². The summed E-state index contributed by atoms with van der Waals surface area (Å²) in [7, 11) is 0. The molecule has 0 atom stereocenters. The molecule has 0 aromatic heterocycles. The van der Waals surface area contributed by atoms with Gasteiger partial charge in [-0.15, -0.1) is 24.0 Å². The van der Waals surface area contributed by atoms with Crippen molar-refractivity contribution in [3.05, 3.63) is 0 Å². The van der Waals surface area contributed by atoms with E-state index in [9.17, 15) is 0 Å². The van der Waals surface area contributed by atoms with E-state index in [2.05, 4.69) is 28.9 Å². The highest BCUT2D eigenvalue weighted by molar-refractivity contribution is 14.0. The fourth-order valence-electron chi connectivity index (χ4n) is 3.83. The molecule has 0 unspecified atom stereocenters. The summed E-state index contributed by atoms with van der Waals surface area (Å²) in [6.07, 6.45) is 21.9. The summed E-state index contributed by atoms with van der Waals surface area (Å²) in [4.78, 5) is 2.61. The van der Waals surface area contributed by atoms with Crippen molar-refractivity contribution in [2.45, 2.75) is 103 Å². The number of nitrogens with zero attached hydrogens (tertiary/aromatic N) is 1. The fourth-order valence-corrected chi connectivity index (χ4v) is 4.77. The molecule has 1 N–H and O–H groups in total. The minimum absolute atomic E-state index is 0. The van der Waals surface area contributed by atoms with E-state index in [4.69, 9.17) is 0 Å². The van der Waals surface area contributed by atoms with Crippen molar-refractivity contribution < 1.29 is 0 Å². The Balaban J connectivity index is 0.00000676. The Kier molecular flexibility index (Phi) is 24.1. The summed E-state index contributed by atoms with van der Waals surface area (Å²) in [5.41, 5.74) is 0. The summed E-state index contributed by atoms with van der Waals surface area (Å²) in [6, 6.07) is 0. The quantitative estimate of drug-likeness (QED) is 0.147. The first kappa shape index (κ1) is 28.0. The van der Waals surface area contributed by atoms with Gasteiger partial charge in [0, 0.05) is 26.2 Å². The number of unbranched alkanes of at least 4 members (excludes halogenated alkanes) is 13. The van der Waals surface area contributed by atoms with Crippen molar-refractivity contribution in [2.24, 2.45) is 0 Å². The summed E-state index contributed by atoms with van der Waals surface area (Å²) >= 11 is 2.18. The maximum absolute atomic E-state index is 3.43. The van der Waals surface area contributed by atoms with Crippen LogP contribution in [0.15, 0.2) is 0 Å². The Morgan fingerprint density at radius 3 is 1.59 bits per heavy atom. The topological polar surface area (TPSA) is 15.3 Å².